The van der Waals surface area contributed by atoms with Crippen molar-refractivity contribution in [3.8, 4) is 11.5 Å². The van der Waals surface area contributed by atoms with E-state index < -0.39 is 17.0 Å². The second kappa shape index (κ2) is 3.95. The van der Waals surface area contributed by atoms with Crippen LogP contribution in [-0.4, -0.2) is 13.9 Å². The van der Waals surface area contributed by atoms with Gasteiger partial charge in [-0.25, -0.2) is 4.79 Å². The Labute approximate surface area is 91.6 Å². The summed E-state index contributed by atoms with van der Waals surface area (Å²) in [5, 5.41) is 9.85. The van der Waals surface area contributed by atoms with Gasteiger partial charge in [0.15, 0.2) is 0 Å². The fourth-order valence-corrected chi connectivity index (χ4v) is 1.52. The number of aromatic hydroxyl groups is 1. The maximum absolute atomic E-state index is 10.9. The zero-order valence-electron chi connectivity index (χ0n) is 7.75. The van der Waals surface area contributed by atoms with Gasteiger partial charge in [-0.05, 0) is 6.07 Å². The van der Waals surface area contributed by atoms with Crippen LogP contribution in [0, 0.1) is 0 Å². The molecule has 0 spiro atoms. The number of phenolic OH excluding ortho intramolecular Hbond substituents is 1. The Morgan fingerprint density at radius 2 is 2.06 bits per heavy atom. The van der Waals surface area contributed by atoms with Gasteiger partial charge < -0.3 is 13.7 Å². The van der Waals surface area contributed by atoms with E-state index in [4.69, 9.17) is 8.97 Å². The van der Waals surface area contributed by atoms with Crippen LogP contribution in [0.5, 0.6) is 11.5 Å². The van der Waals surface area contributed by atoms with E-state index >= 15 is 0 Å². The van der Waals surface area contributed by atoms with E-state index in [1.54, 1.807) is 0 Å². The molecule has 1 aromatic carbocycles. The first kappa shape index (κ1) is 10.7. The summed E-state index contributed by atoms with van der Waals surface area (Å²) >= 11 is -2.50. The molecule has 84 valence electrons. The van der Waals surface area contributed by atoms with Gasteiger partial charge in [0.1, 0.15) is 17.1 Å². The van der Waals surface area contributed by atoms with Crippen LogP contribution in [0.15, 0.2) is 33.5 Å². The van der Waals surface area contributed by atoms with E-state index in [9.17, 15) is 14.1 Å². The Hall–Kier alpha value is -1.86. The molecule has 1 atom stereocenters. The first-order valence-corrected chi connectivity index (χ1v) is 5.15. The van der Waals surface area contributed by atoms with Crippen LogP contribution < -0.4 is 9.81 Å². The van der Waals surface area contributed by atoms with Crippen molar-refractivity contribution in [3.63, 3.8) is 0 Å². The average molecular weight is 242 g/mol. The topological polar surface area (TPSA) is 97.0 Å². The standard InChI is InChI=1S/C9H6O6S/c10-7-3-5(15-16(12)13)4-8-6(7)1-2-9(11)14-8/h1-4,10H,(H,12,13). The van der Waals surface area contributed by atoms with Gasteiger partial charge in [-0.2, -0.15) is 4.21 Å². The van der Waals surface area contributed by atoms with E-state index in [1.165, 1.54) is 12.1 Å². The summed E-state index contributed by atoms with van der Waals surface area (Å²) in [6, 6.07) is 4.93. The Kier molecular flexibility index (Phi) is 2.63. The lowest BCUT2D eigenvalue weighted by Gasteiger charge is -2.03. The van der Waals surface area contributed by atoms with Crippen LogP contribution in [0.25, 0.3) is 11.0 Å². The lowest BCUT2D eigenvalue weighted by molar-refractivity contribution is 0.450. The fourth-order valence-electron chi connectivity index (χ4n) is 1.26. The van der Waals surface area contributed by atoms with E-state index in [2.05, 4.69) is 4.18 Å². The molecule has 0 aliphatic carbocycles. The molecule has 0 aliphatic heterocycles. The molecule has 7 heteroatoms. The quantitative estimate of drug-likeness (QED) is 0.602. The number of fused-ring (bicyclic) bond motifs is 1. The predicted octanol–water partition coefficient (Wildman–Crippen LogP) is 1.01. The van der Waals surface area contributed by atoms with Gasteiger partial charge in [-0.15, -0.1) is 0 Å². The van der Waals surface area contributed by atoms with Crippen molar-refractivity contribution in [2.75, 3.05) is 0 Å². The highest BCUT2D eigenvalue weighted by Crippen LogP contribution is 2.29. The lowest BCUT2D eigenvalue weighted by Crippen LogP contribution is -1.98. The average Bonchev–Trinajstić information content (AvgIpc) is 2.15. The maximum atomic E-state index is 10.9. The molecule has 0 aliphatic rings. The third-order valence-corrected chi connectivity index (χ3v) is 2.19. The van der Waals surface area contributed by atoms with Crippen LogP contribution in [0.1, 0.15) is 0 Å². The molecule has 0 saturated carbocycles. The zero-order chi connectivity index (χ0) is 11.7. The van der Waals surface area contributed by atoms with Crippen molar-refractivity contribution in [2.24, 2.45) is 0 Å². The normalized spacial score (nSPS) is 12.6. The maximum Gasteiger partial charge on any atom is 0.357 e. The van der Waals surface area contributed by atoms with Crippen molar-refractivity contribution in [1.29, 1.82) is 0 Å². The largest absolute Gasteiger partial charge is 0.507 e. The van der Waals surface area contributed by atoms with Gasteiger partial charge in [-0.3, -0.25) is 4.55 Å². The molecule has 6 nitrogen and oxygen atoms in total. The molecule has 1 heterocycles. The minimum atomic E-state index is -2.50. The molecule has 2 aromatic rings. The second-order valence-electron chi connectivity index (χ2n) is 2.91. The number of phenols is 1. The van der Waals surface area contributed by atoms with Gasteiger partial charge in [-0.1, -0.05) is 0 Å². The van der Waals surface area contributed by atoms with Gasteiger partial charge >= 0.3 is 17.0 Å². The van der Waals surface area contributed by atoms with E-state index in [0.717, 1.165) is 12.1 Å². The third-order valence-electron chi connectivity index (χ3n) is 1.86. The van der Waals surface area contributed by atoms with Crippen molar-refractivity contribution < 1.29 is 22.5 Å². The number of rotatable bonds is 2. The van der Waals surface area contributed by atoms with Crippen molar-refractivity contribution in [1.82, 2.24) is 0 Å². The molecular formula is C9H6O6S. The molecular weight excluding hydrogens is 236 g/mol. The Bertz CT molecular complexity index is 617. The molecule has 0 bridgehead atoms. The first-order chi connectivity index (χ1) is 7.56. The third kappa shape index (κ3) is 2.05. The monoisotopic (exact) mass is 242 g/mol. The molecule has 1 unspecified atom stereocenters. The van der Waals surface area contributed by atoms with E-state index in [-0.39, 0.29) is 17.1 Å². The summed E-state index contributed by atoms with van der Waals surface area (Å²) in [5.41, 5.74) is -0.512. The summed E-state index contributed by atoms with van der Waals surface area (Å²) in [6.45, 7) is 0. The highest BCUT2D eigenvalue weighted by atomic mass is 32.2. The summed E-state index contributed by atoms with van der Waals surface area (Å²) in [5.74, 6) is -0.276. The Morgan fingerprint density at radius 1 is 1.31 bits per heavy atom. The number of benzene rings is 1. The van der Waals surface area contributed by atoms with Crippen LogP contribution in [0.4, 0.5) is 0 Å². The number of hydrogen-bond acceptors (Lipinski definition) is 5. The Morgan fingerprint density at radius 3 is 2.75 bits per heavy atom. The van der Waals surface area contributed by atoms with Crippen LogP contribution in [0.2, 0.25) is 0 Å². The Balaban J connectivity index is 2.64. The molecule has 2 rings (SSSR count). The van der Waals surface area contributed by atoms with Crippen LogP contribution in [-0.2, 0) is 11.4 Å². The van der Waals surface area contributed by atoms with E-state index in [0.29, 0.717) is 5.39 Å². The van der Waals surface area contributed by atoms with E-state index in [1.807, 2.05) is 0 Å². The van der Waals surface area contributed by atoms with Gasteiger partial charge in [0, 0.05) is 18.2 Å². The fraction of sp³-hybridized carbons (Fsp3) is 0. The second-order valence-corrected chi connectivity index (χ2v) is 3.51. The zero-order valence-corrected chi connectivity index (χ0v) is 8.56. The summed E-state index contributed by atoms with van der Waals surface area (Å²) in [6.07, 6.45) is 0. The number of hydrogen-bond donors (Lipinski definition) is 2. The SMILES string of the molecule is O=c1ccc2c(O)cc(OS(=O)O)cc2o1. The first-order valence-electron chi connectivity index (χ1n) is 4.12. The van der Waals surface area contributed by atoms with Crippen molar-refractivity contribution >= 4 is 22.3 Å². The molecule has 0 radical (unpaired) electrons. The minimum Gasteiger partial charge on any atom is -0.507 e. The summed E-state index contributed by atoms with van der Waals surface area (Å²) in [4.78, 5) is 10.9. The molecule has 0 saturated heterocycles. The van der Waals surface area contributed by atoms with Crippen LogP contribution in [0.3, 0.4) is 0 Å². The molecule has 0 fully saturated rings. The van der Waals surface area contributed by atoms with Crippen molar-refractivity contribution in [3.05, 3.63) is 34.7 Å². The molecule has 16 heavy (non-hydrogen) atoms. The minimum absolute atomic E-state index is 0.0693. The summed E-state index contributed by atoms with van der Waals surface area (Å²) < 4.78 is 28.1. The summed E-state index contributed by atoms with van der Waals surface area (Å²) in [7, 11) is 0. The smallest absolute Gasteiger partial charge is 0.357 e. The van der Waals surface area contributed by atoms with Gasteiger partial charge in [0.25, 0.3) is 0 Å². The highest BCUT2D eigenvalue weighted by molar-refractivity contribution is 7.74. The predicted molar refractivity (Wildman–Crippen MR) is 55.5 cm³/mol. The highest BCUT2D eigenvalue weighted by Gasteiger charge is 2.08. The van der Waals surface area contributed by atoms with Crippen molar-refractivity contribution in [2.45, 2.75) is 0 Å². The van der Waals surface area contributed by atoms with Crippen LogP contribution >= 0.6 is 0 Å². The lowest BCUT2D eigenvalue weighted by atomic mass is 10.2. The molecule has 1 aromatic heterocycles. The molecule has 0 amide bonds. The molecule has 2 N–H and O–H groups in total. The van der Waals surface area contributed by atoms with Gasteiger partial charge in [0.05, 0.1) is 5.39 Å². The van der Waals surface area contributed by atoms with Gasteiger partial charge in [0.2, 0.25) is 0 Å².